The van der Waals surface area contributed by atoms with Gasteiger partial charge in [-0.3, -0.25) is 0 Å². The Balaban J connectivity index is 2.33. The summed E-state index contributed by atoms with van der Waals surface area (Å²) < 4.78 is 13.7. The van der Waals surface area contributed by atoms with Crippen LogP contribution in [0.2, 0.25) is 0 Å². The Hall–Kier alpha value is -1.94. The van der Waals surface area contributed by atoms with E-state index in [2.05, 4.69) is 5.32 Å². The van der Waals surface area contributed by atoms with E-state index in [0.717, 1.165) is 22.4 Å². The summed E-state index contributed by atoms with van der Waals surface area (Å²) in [7, 11) is 0. The highest BCUT2D eigenvalue weighted by molar-refractivity contribution is 7.80. The number of anilines is 1. The van der Waals surface area contributed by atoms with Crippen LogP contribution in [0.4, 0.5) is 10.1 Å². The van der Waals surface area contributed by atoms with Crippen LogP contribution in [0, 0.1) is 19.7 Å². The van der Waals surface area contributed by atoms with E-state index in [1.165, 1.54) is 0 Å². The molecule has 0 spiro atoms. The van der Waals surface area contributed by atoms with Crippen LogP contribution in [0.25, 0.3) is 0 Å². The monoisotopic (exact) mass is 302 g/mol. The normalized spacial score (nSPS) is 12.0. The van der Waals surface area contributed by atoms with Gasteiger partial charge >= 0.3 is 0 Å². The zero-order chi connectivity index (χ0) is 15.6. The van der Waals surface area contributed by atoms with Gasteiger partial charge in [-0.2, -0.15) is 0 Å². The van der Waals surface area contributed by atoms with E-state index in [4.69, 9.17) is 18.0 Å². The third-order valence-corrected chi connectivity index (χ3v) is 3.81. The second-order valence-electron chi connectivity index (χ2n) is 5.24. The number of rotatable bonds is 4. The molecule has 21 heavy (non-hydrogen) atoms. The van der Waals surface area contributed by atoms with Crippen LogP contribution in [0.5, 0.6) is 0 Å². The van der Waals surface area contributed by atoms with Crippen molar-refractivity contribution in [3.8, 4) is 0 Å². The molecule has 110 valence electrons. The smallest absolute Gasteiger partial charge is 0.126 e. The van der Waals surface area contributed by atoms with Gasteiger partial charge in [-0.05, 0) is 49.6 Å². The maximum Gasteiger partial charge on any atom is 0.126 e. The summed E-state index contributed by atoms with van der Waals surface area (Å²) in [6.45, 7) is 5.73. The first-order valence-corrected chi connectivity index (χ1v) is 7.23. The largest absolute Gasteiger partial charge is 0.389 e. The van der Waals surface area contributed by atoms with Gasteiger partial charge in [0.05, 0.1) is 0 Å². The van der Waals surface area contributed by atoms with Crippen molar-refractivity contribution in [2.75, 3.05) is 5.32 Å². The number of hydrogen-bond donors (Lipinski definition) is 2. The third-order valence-electron chi connectivity index (χ3n) is 3.59. The minimum absolute atomic E-state index is 0.0469. The van der Waals surface area contributed by atoms with Crippen LogP contribution < -0.4 is 11.1 Å². The predicted molar refractivity (Wildman–Crippen MR) is 90.2 cm³/mol. The van der Waals surface area contributed by atoms with Gasteiger partial charge in [0.2, 0.25) is 0 Å². The molecule has 1 atom stereocenters. The lowest BCUT2D eigenvalue weighted by molar-refractivity contribution is 0.614. The molecule has 2 rings (SSSR count). The van der Waals surface area contributed by atoms with Crippen molar-refractivity contribution in [1.29, 1.82) is 0 Å². The van der Waals surface area contributed by atoms with Gasteiger partial charge in [-0.15, -0.1) is 0 Å². The zero-order valence-corrected chi connectivity index (χ0v) is 13.2. The van der Waals surface area contributed by atoms with E-state index in [1.54, 1.807) is 19.1 Å². The van der Waals surface area contributed by atoms with E-state index in [1.807, 2.05) is 38.1 Å². The van der Waals surface area contributed by atoms with Crippen LogP contribution >= 0.6 is 12.2 Å². The standard InChI is InChI=1S/C17H19FN2S/c1-10-7-8-13(9-15(10)18)12(3)20-16-11(2)5-4-6-14(16)17(19)21/h4-9,12,20H,1-3H3,(H2,19,21). The maximum absolute atomic E-state index is 13.7. The molecule has 0 radical (unpaired) electrons. The molecule has 0 aliphatic heterocycles. The molecule has 0 saturated carbocycles. The summed E-state index contributed by atoms with van der Waals surface area (Å²) in [5.41, 5.74) is 10.1. The number of nitrogens with two attached hydrogens (primary N) is 1. The van der Waals surface area contributed by atoms with Crippen molar-refractivity contribution < 1.29 is 4.39 Å². The molecule has 1 unspecified atom stereocenters. The van der Waals surface area contributed by atoms with Crippen molar-refractivity contribution in [3.63, 3.8) is 0 Å². The molecule has 2 aromatic carbocycles. The number of para-hydroxylation sites is 1. The number of halogens is 1. The fraction of sp³-hybridized carbons (Fsp3) is 0.235. The molecular weight excluding hydrogens is 283 g/mol. The first-order valence-electron chi connectivity index (χ1n) is 6.82. The highest BCUT2D eigenvalue weighted by atomic mass is 32.1. The highest BCUT2D eigenvalue weighted by Gasteiger charge is 2.13. The third kappa shape index (κ3) is 3.39. The molecule has 2 nitrogen and oxygen atoms in total. The van der Waals surface area contributed by atoms with Gasteiger partial charge in [0, 0.05) is 17.3 Å². The number of aryl methyl sites for hydroxylation is 2. The molecule has 0 heterocycles. The lowest BCUT2D eigenvalue weighted by Gasteiger charge is -2.20. The number of hydrogen-bond acceptors (Lipinski definition) is 2. The van der Waals surface area contributed by atoms with E-state index < -0.39 is 0 Å². The van der Waals surface area contributed by atoms with E-state index in [-0.39, 0.29) is 11.9 Å². The highest BCUT2D eigenvalue weighted by Crippen LogP contribution is 2.26. The Morgan fingerprint density at radius 1 is 1.19 bits per heavy atom. The molecule has 4 heteroatoms. The summed E-state index contributed by atoms with van der Waals surface area (Å²) in [4.78, 5) is 0.350. The number of nitrogens with one attached hydrogen (secondary N) is 1. The fourth-order valence-electron chi connectivity index (χ4n) is 2.24. The van der Waals surface area contributed by atoms with Crippen LogP contribution in [0.1, 0.15) is 35.2 Å². The molecule has 2 aromatic rings. The second-order valence-corrected chi connectivity index (χ2v) is 5.68. The minimum atomic E-state index is -0.194. The molecule has 3 N–H and O–H groups in total. The Morgan fingerprint density at radius 2 is 1.90 bits per heavy atom. The summed E-state index contributed by atoms with van der Waals surface area (Å²) >= 11 is 5.09. The molecule has 0 fully saturated rings. The number of thiocarbonyl (C=S) groups is 1. The number of benzene rings is 2. The van der Waals surface area contributed by atoms with Crippen LogP contribution in [0.15, 0.2) is 36.4 Å². The topological polar surface area (TPSA) is 38.0 Å². The average Bonchev–Trinajstić information content (AvgIpc) is 2.43. The molecule has 0 saturated heterocycles. The van der Waals surface area contributed by atoms with E-state index >= 15 is 0 Å². The zero-order valence-electron chi connectivity index (χ0n) is 12.4. The molecule has 0 aliphatic carbocycles. The Labute approximate surface area is 130 Å². The summed E-state index contributed by atoms with van der Waals surface area (Å²) in [6.07, 6.45) is 0. The van der Waals surface area contributed by atoms with Gasteiger partial charge < -0.3 is 11.1 Å². The van der Waals surface area contributed by atoms with E-state index in [0.29, 0.717) is 10.6 Å². The molecular formula is C17H19FN2S. The van der Waals surface area contributed by atoms with Gasteiger partial charge in [-0.1, -0.05) is 36.5 Å². The molecule has 0 amide bonds. The SMILES string of the molecule is Cc1ccc(C(C)Nc2c(C)cccc2C(N)=S)cc1F. The van der Waals surface area contributed by atoms with Crippen LogP contribution in [-0.4, -0.2) is 4.99 Å². The quantitative estimate of drug-likeness (QED) is 0.829. The summed E-state index contributed by atoms with van der Waals surface area (Å²) in [6, 6.07) is 11.0. The van der Waals surface area contributed by atoms with E-state index in [9.17, 15) is 4.39 Å². The lowest BCUT2D eigenvalue weighted by Crippen LogP contribution is -2.16. The van der Waals surface area contributed by atoms with Crippen molar-refractivity contribution in [3.05, 3.63) is 64.5 Å². The van der Waals surface area contributed by atoms with Crippen molar-refractivity contribution in [1.82, 2.24) is 0 Å². The van der Waals surface area contributed by atoms with Crippen molar-refractivity contribution in [2.24, 2.45) is 5.73 Å². The van der Waals surface area contributed by atoms with Gasteiger partial charge in [0.1, 0.15) is 10.8 Å². The first kappa shape index (κ1) is 15.4. The molecule has 0 aromatic heterocycles. The van der Waals surface area contributed by atoms with Crippen molar-refractivity contribution >= 4 is 22.9 Å². The Morgan fingerprint density at radius 3 is 2.52 bits per heavy atom. The Kier molecular flexibility index (Phi) is 4.58. The van der Waals surface area contributed by atoms with Crippen LogP contribution in [-0.2, 0) is 0 Å². The molecule has 0 bridgehead atoms. The van der Waals surface area contributed by atoms with Crippen LogP contribution in [0.3, 0.4) is 0 Å². The average molecular weight is 302 g/mol. The maximum atomic E-state index is 13.7. The first-order chi connectivity index (χ1) is 9.90. The second kappa shape index (κ2) is 6.22. The van der Waals surface area contributed by atoms with Gasteiger partial charge in [-0.25, -0.2) is 4.39 Å². The summed E-state index contributed by atoms with van der Waals surface area (Å²) in [5.74, 6) is -0.194. The summed E-state index contributed by atoms with van der Waals surface area (Å²) in [5, 5.41) is 3.39. The predicted octanol–water partition coefficient (Wildman–Crippen LogP) is 4.25. The van der Waals surface area contributed by atoms with Crippen molar-refractivity contribution in [2.45, 2.75) is 26.8 Å². The van der Waals surface area contributed by atoms with Gasteiger partial charge in [0.25, 0.3) is 0 Å². The minimum Gasteiger partial charge on any atom is -0.389 e. The van der Waals surface area contributed by atoms with Gasteiger partial charge in [0.15, 0.2) is 0 Å². The molecule has 0 aliphatic rings. The Bertz CT molecular complexity index is 682. The lowest BCUT2D eigenvalue weighted by atomic mass is 10.0. The fourth-order valence-corrected chi connectivity index (χ4v) is 2.41.